The predicted molar refractivity (Wildman–Crippen MR) is 55.1 cm³/mol. The summed E-state index contributed by atoms with van der Waals surface area (Å²) >= 11 is 0. The number of primary amides is 1. The lowest BCUT2D eigenvalue weighted by molar-refractivity contribution is -0.117. The van der Waals surface area contributed by atoms with E-state index in [-0.39, 0.29) is 12.3 Å². The Morgan fingerprint density at radius 2 is 2.00 bits per heavy atom. The van der Waals surface area contributed by atoms with E-state index < -0.39 is 0 Å². The SMILES string of the molecule is CCCOc1ccc(CC(N)=O)cc1. The molecule has 2 N–H and O–H groups in total. The van der Waals surface area contributed by atoms with Crippen LogP contribution in [0.4, 0.5) is 0 Å². The molecule has 0 aliphatic carbocycles. The molecule has 0 saturated heterocycles. The highest BCUT2D eigenvalue weighted by Gasteiger charge is 1.98. The van der Waals surface area contributed by atoms with Crippen molar-refractivity contribution in [2.75, 3.05) is 6.61 Å². The Bertz CT molecular complexity index is 293. The predicted octanol–water partition coefficient (Wildman–Crippen LogP) is 1.50. The highest BCUT2D eigenvalue weighted by atomic mass is 16.5. The Morgan fingerprint density at radius 3 is 2.50 bits per heavy atom. The third-order valence-electron chi connectivity index (χ3n) is 1.77. The largest absolute Gasteiger partial charge is 0.494 e. The van der Waals surface area contributed by atoms with Crippen molar-refractivity contribution >= 4 is 5.91 Å². The third kappa shape index (κ3) is 3.47. The van der Waals surface area contributed by atoms with Crippen molar-refractivity contribution in [2.45, 2.75) is 19.8 Å². The van der Waals surface area contributed by atoms with E-state index in [2.05, 4.69) is 6.92 Å². The minimum absolute atomic E-state index is 0.286. The van der Waals surface area contributed by atoms with E-state index in [1.807, 2.05) is 24.3 Å². The molecule has 14 heavy (non-hydrogen) atoms. The molecular formula is C11H15NO2. The molecule has 3 heteroatoms. The van der Waals surface area contributed by atoms with E-state index in [0.717, 1.165) is 24.3 Å². The van der Waals surface area contributed by atoms with Crippen LogP contribution in [0.25, 0.3) is 0 Å². The van der Waals surface area contributed by atoms with Gasteiger partial charge in [-0.05, 0) is 24.1 Å². The second-order valence-corrected chi connectivity index (χ2v) is 3.14. The minimum atomic E-state index is -0.313. The molecule has 76 valence electrons. The Morgan fingerprint density at radius 1 is 1.36 bits per heavy atom. The van der Waals surface area contributed by atoms with Gasteiger partial charge in [-0.2, -0.15) is 0 Å². The standard InChI is InChI=1S/C11H15NO2/c1-2-7-14-10-5-3-9(4-6-10)8-11(12)13/h3-6H,2,7-8H2,1H3,(H2,12,13). The van der Waals surface area contributed by atoms with Crippen LogP contribution in [0, 0.1) is 0 Å². The van der Waals surface area contributed by atoms with Gasteiger partial charge in [0.25, 0.3) is 0 Å². The van der Waals surface area contributed by atoms with Crippen LogP contribution in [0.2, 0.25) is 0 Å². The summed E-state index contributed by atoms with van der Waals surface area (Å²) in [5, 5.41) is 0. The van der Waals surface area contributed by atoms with Crippen LogP contribution < -0.4 is 10.5 Å². The Kier molecular flexibility index (Phi) is 3.98. The fourth-order valence-electron chi connectivity index (χ4n) is 1.12. The monoisotopic (exact) mass is 193 g/mol. The first-order valence-corrected chi connectivity index (χ1v) is 4.72. The van der Waals surface area contributed by atoms with Crippen molar-refractivity contribution in [3.8, 4) is 5.75 Å². The van der Waals surface area contributed by atoms with Crippen LogP contribution in [-0.2, 0) is 11.2 Å². The number of nitrogens with two attached hydrogens (primary N) is 1. The molecule has 1 amide bonds. The Hall–Kier alpha value is -1.51. The van der Waals surface area contributed by atoms with Crippen LogP contribution in [0.1, 0.15) is 18.9 Å². The molecule has 0 aromatic heterocycles. The molecule has 0 unspecified atom stereocenters. The van der Waals surface area contributed by atoms with Gasteiger partial charge in [0.15, 0.2) is 0 Å². The lowest BCUT2D eigenvalue weighted by atomic mass is 10.1. The van der Waals surface area contributed by atoms with Crippen molar-refractivity contribution in [3.05, 3.63) is 29.8 Å². The summed E-state index contributed by atoms with van der Waals surface area (Å²) in [4.78, 5) is 10.6. The molecule has 0 heterocycles. The van der Waals surface area contributed by atoms with E-state index in [0.29, 0.717) is 0 Å². The maximum absolute atomic E-state index is 10.6. The van der Waals surface area contributed by atoms with Crippen LogP contribution in [0.15, 0.2) is 24.3 Å². The molecule has 0 aliphatic rings. The van der Waals surface area contributed by atoms with E-state index in [9.17, 15) is 4.79 Å². The molecule has 1 aromatic rings. The van der Waals surface area contributed by atoms with Gasteiger partial charge in [-0.3, -0.25) is 4.79 Å². The molecule has 1 rings (SSSR count). The van der Waals surface area contributed by atoms with Crippen molar-refractivity contribution in [1.82, 2.24) is 0 Å². The zero-order valence-electron chi connectivity index (χ0n) is 8.32. The lowest BCUT2D eigenvalue weighted by Crippen LogP contribution is -2.13. The lowest BCUT2D eigenvalue weighted by Gasteiger charge is -2.04. The quantitative estimate of drug-likeness (QED) is 0.770. The molecule has 0 atom stereocenters. The Balaban J connectivity index is 2.54. The molecule has 0 bridgehead atoms. The third-order valence-corrected chi connectivity index (χ3v) is 1.77. The highest BCUT2D eigenvalue weighted by molar-refractivity contribution is 5.76. The topological polar surface area (TPSA) is 52.3 Å². The number of hydrogen-bond donors (Lipinski definition) is 1. The molecular weight excluding hydrogens is 178 g/mol. The van der Waals surface area contributed by atoms with Gasteiger partial charge >= 0.3 is 0 Å². The molecule has 0 spiro atoms. The van der Waals surface area contributed by atoms with E-state index in [4.69, 9.17) is 10.5 Å². The average Bonchev–Trinajstić information content (AvgIpc) is 2.16. The van der Waals surface area contributed by atoms with Crippen LogP contribution in [-0.4, -0.2) is 12.5 Å². The number of rotatable bonds is 5. The summed E-state index contributed by atoms with van der Waals surface area (Å²) in [7, 11) is 0. The van der Waals surface area contributed by atoms with Crippen molar-refractivity contribution in [1.29, 1.82) is 0 Å². The zero-order valence-corrected chi connectivity index (χ0v) is 8.32. The number of carbonyl (C=O) groups excluding carboxylic acids is 1. The van der Waals surface area contributed by atoms with Crippen LogP contribution >= 0.6 is 0 Å². The molecule has 0 aliphatic heterocycles. The fourth-order valence-corrected chi connectivity index (χ4v) is 1.12. The van der Waals surface area contributed by atoms with Crippen LogP contribution in [0.3, 0.4) is 0 Å². The van der Waals surface area contributed by atoms with Crippen molar-refractivity contribution in [3.63, 3.8) is 0 Å². The number of carbonyl (C=O) groups is 1. The first-order chi connectivity index (χ1) is 6.72. The minimum Gasteiger partial charge on any atom is -0.494 e. The summed E-state index contributed by atoms with van der Waals surface area (Å²) < 4.78 is 5.40. The maximum Gasteiger partial charge on any atom is 0.221 e. The molecule has 0 fully saturated rings. The van der Waals surface area contributed by atoms with Gasteiger partial charge < -0.3 is 10.5 Å². The fraction of sp³-hybridized carbons (Fsp3) is 0.364. The Labute approximate surface area is 83.9 Å². The number of benzene rings is 1. The molecule has 3 nitrogen and oxygen atoms in total. The molecule has 0 radical (unpaired) electrons. The van der Waals surface area contributed by atoms with Gasteiger partial charge in [0.05, 0.1) is 13.0 Å². The number of amides is 1. The van der Waals surface area contributed by atoms with Crippen molar-refractivity contribution in [2.24, 2.45) is 5.73 Å². The molecule has 1 aromatic carbocycles. The first-order valence-electron chi connectivity index (χ1n) is 4.72. The normalized spacial score (nSPS) is 9.79. The average molecular weight is 193 g/mol. The number of hydrogen-bond acceptors (Lipinski definition) is 2. The van der Waals surface area contributed by atoms with Gasteiger partial charge in [-0.1, -0.05) is 19.1 Å². The van der Waals surface area contributed by atoms with E-state index in [1.54, 1.807) is 0 Å². The van der Waals surface area contributed by atoms with Gasteiger partial charge in [0.1, 0.15) is 5.75 Å². The van der Waals surface area contributed by atoms with Crippen LogP contribution in [0.5, 0.6) is 5.75 Å². The van der Waals surface area contributed by atoms with Crippen molar-refractivity contribution < 1.29 is 9.53 Å². The summed E-state index contributed by atoms with van der Waals surface area (Å²) in [6.07, 6.45) is 1.27. The van der Waals surface area contributed by atoms with Gasteiger partial charge in [0, 0.05) is 0 Å². The molecule has 0 saturated carbocycles. The summed E-state index contributed by atoms with van der Waals surface area (Å²) in [6, 6.07) is 7.42. The second kappa shape index (κ2) is 5.27. The maximum atomic E-state index is 10.6. The highest BCUT2D eigenvalue weighted by Crippen LogP contribution is 2.12. The summed E-state index contributed by atoms with van der Waals surface area (Å²) in [6.45, 7) is 2.77. The summed E-state index contributed by atoms with van der Waals surface area (Å²) in [5.41, 5.74) is 5.99. The summed E-state index contributed by atoms with van der Waals surface area (Å²) in [5.74, 6) is 0.521. The number of ether oxygens (including phenoxy) is 1. The van der Waals surface area contributed by atoms with Gasteiger partial charge in [-0.15, -0.1) is 0 Å². The smallest absolute Gasteiger partial charge is 0.221 e. The first kappa shape index (κ1) is 10.6. The second-order valence-electron chi connectivity index (χ2n) is 3.14. The van der Waals surface area contributed by atoms with Gasteiger partial charge in [0.2, 0.25) is 5.91 Å². The van der Waals surface area contributed by atoms with Gasteiger partial charge in [-0.25, -0.2) is 0 Å². The zero-order chi connectivity index (χ0) is 10.4. The van der Waals surface area contributed by atoms with E-state index >= 15 is 0 Å². The van der Waals surface area contributed by atoms with E-state index in [1.165, 1.54) is 0 Å².